The maximum atomic E-state index is 13.2. The van der Waals surface area contributed by atoms with Crippen molar-refractivity contribution < 1.29 is 4.79 Å². The van der Waals surface area contributed by atoms with Crippen molar-refractivity contribution in [1.82, 2.24) is 39.3 Å². The molecule has 0 aliphatic carbocycles. The van der Waals surface area contributed by atoms with Crippen LogP contribution in [-0.2, 0) is 18.3 Å². The second-order valence-electron chi connectivity index (χ2n) is 8.61. The number of rotatable bonds is 5. The number of pyridine rings is 2. The van der Waals surface area contributed by atoms with Crippen LogP contribution in [0.25, 0.3) is 16.9 Å². The van der Waals surface area contributed by atoms with Crippen molar-refractivity contribution >= 4 is 40.7 Å². The van der Waals surface area contributed by atoms with E-state index in [0.717, 1.165) is 22.9 Å². The SMILES string of the molecule is CN1C(=O)C[C@@H](Cc2ccc(Cl)cn2)c2nnc3cc(-c4ccnc(Nc5ccnn5C)n4)cc1n23. The molecule has 0 radical (unpaired) electrons. The molecule has 5 aromatic rings. The highest BCUT2D eigenvalue weighted by atomic mass is 35.5. The van der Waals surface area contributed by atoms with Crippen LogP contribution in [0.2, 0.25) is 5.02 Å². The van der Waals surface area contributed by atoms with Gasteiger partial charge in [0.25, 0.3) is 0 Å². The molecule has 0 unspecified atom stereocenters. The molecule has 6 rings (SSSR count). The van der Waals surface area contributed by atoms with E-state index in [-0.39, 0.29) is 18.2 Å². The summed E-state index contributed by atoms with van der Waals surface area (Å²) in [5.74, 6) is 2.41. The van der Waals surface area contributed by atoms with Crippen molar-refractivity contribution in [3.63, 3.8) is 0 Å². The van der Waals surface area contributed by atoms with Crippen molar-refractivity contribution in [2.24, 2.45) is 7.05 Å². The van der Waals surface area contributed by atoms with E-state index in [0.29, 0.717) is 34.6 Å². The molecule has 1 atom stereocenters. The molecule has 1 N–H and O–H groups in total. The highest BCUT2D eigenvalue weighted by molar-refractivity contribution is 6.30. The molecule has 0 saturated carbocycles. The van der Waals surface area contributed by atoms with E-state index in [4.69, 9.17) is 11.6 Å². The molecular weight excluding hydrogens is 480 g/mol. The fourth-order valence-electron chi connectivity index (χ4n) is 4.38. The predicted octanol–water partition coefficient (Wildman–Crippen LogP) is 3.40. The van der Waals surface area contributed by atoms with Crippen LogP contribution < -0.4 is 10.2 Å². The Bertz CT molecular complexity index is 1590. The summed E-state index contributed by atoms with van der Waals surface area (Å²) in [5, 5.41) is 16.8. The van der Waals surface area contributed by atoms with Gasteiger partial charge in [0, 0.05) is 62.6 Å². The van der Waals surface area contributed by atoms with E-state index in [1.807, 2.05) is 41.8 Å². The Balaban J connectivity index is 1.40. The zero-order chi connectivity index (χ0) is 24.8. The number of hydrogen-bond donors (Lipinski definition) is 1. The van der Waals surface area contributed by atoms with E-state index in [9.17, 15) is 4.79 Å². The third-order valence-electron chi connectivity index (χ3n) is 6.27. The fourth-order valence-corrected chi connectivity index (χ4v) is 4.49. The molecule has 0 spiro atoms. The van der Waals surface area contributed by atoms with Crippen LogP contribution in [-0.4, -0.2) is 52.3 Å². The van der Waals surface area contributed by atoms with Crippen molar-refractivity contribution in [2.45, 2.75) is 18.8 Å². The minimum atomic E-state index is -0.176. The summed E-state index contributed by atoms with van der Waals surface area (Å²) >= 11 is 5.99. The first kappa shape index (κ1) is 22.1. The Morgan fingerprint density at radius 3 is 2.75 bits per heavy atom. The first-order valence-electron chi connectivity index (χ1n) is 11.3. The highest BCUT2D eigenvalue weighted by Gasteiger charge is 2.31. The van der Waals surface area contributed by atoms with Gasteiger partial charge in [-0.25, -0.2) is 9.97 Å². The van der Waals surface area contributed by atoms with E-state index < -0.39 is 0 Å². The molecule has 0 aromatic carbocycles. The summed E-state index contributed by atoms with van der Waals surface area (Å²) in [4.78, 5) is 28.2. The molecule has 180 valence electrons. The Labute approximate surface area is 210 Å². The Morgan fingerprint density at radius 2 is 1.97 bits per heavy atom. The molecule has 36 heavy (non-hydrogen) atoms. The molecule has 6 heterocycles. The van der Waals surface area contributed by atoms with Gasteiger partial charge in [0.15, 0.2) is 5.65 Å². The number of carbonyl (C=O) groups is 1. The average molecular weight is 501 g/mol. The molecule has 1 aliphatic rings. The number of aromatic nitrogens is 8. The molecular formula is C24H21ClN10O. The lowest BCUT2D eigenvalue weighted by Gasteiger charge is -2.17. The number of aryl methyl sites for hydroxylation is 1. The van der Waals surface area contributed by atoms with Crippen LogP contribution in [0.1, 0.15) is 23.9 Å². The predicted molar refractivity (Wildman–Crippen MR) is 134 cm³/mol. The average Bonchev–Trinajstić information content (AvgIpc) is 3.47. The molecule has 1 amide bonds. The lowest BCUT2D eigenvalue weighted by Crippen LogP contribution is -2.27. The fraction of sp³-hybridized carbons (Fsp3) is 0.208. The van der Waals surface area contributed by atoms with Crippen molar-refractivity contribution in [3.05, 3.63) is 71.5 Å². The monoisotopic (exact) mass is 500 g/mol. The number of nitrogens with zero attached hydrogens (tertiary/aromatic N) is 9. The maximum absolute atomic E-state index is 13.2. The van der Waals surface area contributed by atoms with Crippen molar-refractivity contribution in [2.75, 3.05) is 17.3 Å². The van der Waals surface area contributed by atoms with Gasteiger partial charge < -0.3 is 10.2 Å². The van der Waals surface area contributed by atoms with Gasteiger partial charge >= 0.3 is 0 Å². The van der Waals surface area contributed by atoms with E-state index in [2.05, 4.69) is 35.6 Å². The van der Waals surface area contributed by atoms with Gasteiger partial charge in [0.2, 0.25) is 11.9 Å². The Kier molecular flexibility index (Phi) is 5.33. The van der Waals surface area contributed by atoms with E-state index in [1.54, 1.807) is 41.3 Å². The third-order valence-corrected chi connectivity index (χ3v) is 6.50. The standard InChI is InChI=1S/C24H21ClN10O/c1-33-21-11-14(18-5-7-26-24(29-18)30-19-6-8-28-34(19)2)10-20-31-32-23(35(20)21)15(12-22(33)36)9-17-4-3-16(25)13-27-17/h3-8,10-11,13,15H,9,12H2,1-2H3,(H,26,29,30)/t15-/m1/s1. The van der Waals surface area contributed by atoms with Gasteiger partial charge in [0.1, 0.15) is 17.5 Å². The first-order chi connectivity index (χ1) is 17.5. The zero-order valence-corrected chi connectivity index (χ0v) is 20.3. The Morgan fingerprint density at radius 1 is 1.08 bits per heavy atom. The summed E-state index contributed by atoms with van der Waals surface area (Å²) < 4.78 is 3.63. The normalized spacial score (nSPS) is 15.4. The van der Waals surface area contributed by atoms with Crippen LogP contribution >= 0.6 is 11.6 Å². The van der Waals surface area contributed by atoms with E-state index in [1.165, 1.54) is 0 Å². The van der Waals surface area contributed by atoms with Crippen LogP contribution in [0.15, 0.2) is 55.0 Å². The van der Waals surface area contributed by atoms with Crippen LogP contribution in [0.4, 0.5) is 17.6 Å². The highest BCUT2D eigenvalue weighted by Crippen LogP contribution is 2.34. The van der Waals surface area contributed by atoms with Crippen molar-refractivity contribution in [3.8, 4) is 11.3 Å². The smallest absolute Gasteiger partial charge is 0.228 e. The van der Waals surface area contributed by atoms with Crippen LogP contribution in [0.5, 0.6) is 0 Å². The van der Waals surface area contributed by atoms with Crippen LogP contribution in [0, 0.1) is 0 Å². The maximum Gasteiger partial charge on any atom is 0.228 e. The lowest BCUT2D eigenvalue weighted by atomic mass is 9.98. The second kappa shape index (κ2) is 8.68. The van der Waals surface area contributed by atoms with Gasteiger partial charge in [-0.2, -0.15) is 5.10 Å². The van der Waals surface area contributed by atoms with Gasteiger partial charge in [-0.15, -0.1) is 10.2 Å². The minimum Gasteiger partial charge on any atom is -0.309 e. The first-order valence-corrected chi connectivity index (χ1v) is 11.7. The Hall–Kier alpha value is -4.38. The molecule has 0 fully saturated rings. The van der Waals surface area contributed by atoms with Crippen LogP contribution in [0.3, 0.4) is 0 Å². The molecule has 5 aromatic heterocycles. The minimum absolute atomic E-state index is 0.0147. The molecule has 0 bridgehead atoms. The largest absolute Gasteiger partial charge is 0.309 e. The summed E-state index contributed by atoms with van der Waals surface area (Å²) in [5.41, 5.74) is 2.95. The quantitative estimate of drug-likeness (QED) is 0.390. The number of hydrogen-bond acceptors (Lipinski definition) is 8. The second-order valence-corrected chi connectivity index (χ2v) is 9.05. The van der Waals surface area contributed by atoms with E-state index >= 15 is 0 Å². The summed E-state index contributed by atoms with van der Waals surface area (Å²) in [6, 6.07) is 11.2. The summed E-state index contributed by atoms with van der Waals surface area (Å²) in [6.45, 7) is 0. The topological polar surface area (TPSA) is 119 Å². The number of nitrogens with one attached hydrogen (secondary N) is 1. The number of carbonyl (C=O) groups excluding carboxylic acids is 1. The molecule has 12 heteroatoms. The lowest BCUT2D eigenvalue weighted by molar-refractivity contribution is -0.118. The van der Waals surface area contributed by atoms with Crippen molar-refractivity contribution in [1.29, 1.82) is 0 Å². The molecule has 11 nitrogen and oxygen atoms in total. The number of anilines is 3. The molecule has 1 aliphatic heterocycles. The van der Waals surface area contributed by atoms with Gasteiger partial charge in [-0.05, 0) is 30.3 Å². The third kappa shape index (κ3) is 3.93. The summed E-state index contributed by atoms with van der Waals surface area (Å²) in [7, 11) is 3.60. The molecule has 0 saturated heterocycles. The van der Waals surface area contributed by atoms with Gasteiger partial charge in [-0.1, -0.05) is 11.6 Å². The van der Waals surface area contributed by atoms with Gasteiger partial charge in [-0.3, -0.25) is 18.9 Å². The zero-order valence-electron chi connectivity index (χ0n) is 19.5. The number of amides is 1. The summed E-state index contributed by atoms with van der Waals surface area (Å²) in [6.07, 6.45) is 5.83. The van der Waals surface area contributed by atoms with Gasteiger partial charge in [0.05, 0.1) is 16.9 Å². The number of halogens is 1.